The molecule has 0 radical (unpaired) electrons. The number of allylic oxidation sites excluding steroid dienone is 1. The number of fused-ring (bicyclic) bond motifs is 3. The molecule has 1 saturated heterocycles. The van der Waals surface area contributed by atoms with Gasteiger partial charge in [-0.15, -0.1) is 0 Å². The molecular weight excluding hydrogens is 392 g/mol. The second kappa shape index (κ2) is 7.93. The summed E-state index contributed by atoms with van der Waals surface area (Å²) < 4.78 is 21.8. The van der Waals surface area contributed by atoms with Gasteiger partial charge in [-0.05, 0) is 38.5 Å². The van der Waals surface area contributed by atoms with Crippen molar-refractivity contribution in [3.05, 3.63) is 47.3 Å². The van der Waals surface area contributed by atoms with Crippen molar-refractivity contribution < 1.29 is 38.1 Å². The second-order valence-corrected chi connectivity index (χ2v) is 7.81. The highest BCUT2D eigenvalue weighted by Crippen LogP contribution is 2.42. The topological polar surface area (TPSA) is 105 Å². The van der Waals surface area contributed by atoms with Crippen LogP contribution in [0.2, 0.25) is 0 Å². The number of esters is 3. The fourth-order valence-corrected chi connectivity index (χ4v) is 3.66. The summed E-state index contributed by atoms with van der Waals surface area (Å²) in [5, 5.41) is 0. The summed E-state index contributed by atoms with van der Waals surface area (Å²) in [6.45, 7) is 9.90. The van der Waals surface area contributed by atoms with Gasteiger partial charge in [0.05, 0.1) is 5.92 Å². The maximum Gasteiger partial charge on any atom is 0.334 e. The summed E-state index contributed by atoms with van der Waals surface area (Å²) >= 11 is 0. The van der Waals surface area contributed by atoms with Crippen LogP contribution in [0, 0.1) is 5.92 Å². The van der Waals surface area contributed by atoms with Gasteiger partial charge in [0.1, 0.15) is 24.6 Å². The molecule has 3 rings (SSSR count). The summed E-state index contributed by atoms with van der Waals surface area (Å²) in [7, 11) is 0. The Kier molecular flexibility index (Phi) is 5.70. The third-order valence-corrected chi connectivity index (χ3v) is 5.43. The molecule has 0 aliphatic carbocycles. The Hall–Kier alpha value is -3.16. The first-order chi connectivity index (χ1) is 14.0. The summed E-state index contributed by atoms with van der Waals surface area (Å²) in [6.07, 6.45) is 2.93. The standard InChI is InChI=1S/C22H24O8/c1-11(6-7-27-14(4)23)20(25)29-17-10-22(5)18(24)9-15(30-22)12(2)8-16-19(17)13(3)21(26)28-16/h6,8-9,16-17,19H,3,7,10H2,1-2,4-5H3/b11-6+,12-8-/t16-,17-,19-,22-/m1/s1. The summed E-state index contributed by atoms with van der Waals surface area (Å²) in [5.41, 5.74) is -0.205. The Morgan fingerprint density at radius 1 is 1.33 bits per heavy atom. The molecule has 4 atom stereocenters. The van der Waals surface area contributed by atoms with E-state index in [2.05, 4.69) is 6.58 Å². The van der Waals surface area contributed by atoms with Crippen molar-refractivity contribution in [2.24, 2.45) is 5.92 Å². The molecular formula is C22H24O8. The number of hydrogen-bond acceptors (Lipinski definition) is 8. The van der Waals surface area contributed by atoms with Gasteiger partial charge in [-0.1, -0.05) is 6.58 Å². The Morgan fingerprint density at radius 2 is 2.03 bits per heavy atom. The molecule has 0 aromatic carbocycles. The van der Waals surface area contributed by atoms with E-state index in [0.29, 0.717) is 11.3 Å². The molecule has 3 heterocycles. The largest absolute Gasteiger partial charge is 0.479 e. The average molecular weight is 416 g/mol. The van der Waals surface area contributed by atoms with Crippen LogP contribution in [0.1, 0.15) is 34.1 Å². The summed E-state index contributed by atoms with van der Waals surface area (Å²) in [5.74, 6) is -2.22. The molecule has 30 heavy (non-hydrogen) atoms. The molecule has 2 bridgehead atoms. The summed E-state index contributed by atoms with van der Waals surface area (Å²) in [6, 6.07) is 0. The van der Waals surface area contributed by atoms with Crippen LogP contribution in [0.15, 0.2) is 47.3 Å². The zero-order chi connectivity index (χ0) is 22.2. The molecule has 8 heteroatoms. The Morgan fingerprint density at radius 3 is 2.70 bits per heavy atom. The first-order valence-electron chi connectivity index (χ1n) is 9.56. The molecule has 160 valence electrons. The van der Waals surface area contributed by atoms with E-state index in [9.17, 15) is 19.2 Å². The van der Waals surface area contributed by atoms with Gasteiger partial charge in [0.15, 0.2) is 5.60 Å². The van der Waals surface area contributed by atoms with Crippen LogP contribution in [0.25, 0.3) is 0 Å². The smallest absolute Gasteiger partial charge is 0.334 e. The highest BCUT2D eigenvalue weighted by atomic mass is 16.6. The van der Waals surface area contributed by atoms with Crippen LogP contribution >= 0.6 is 0 Å². The van der Waals surface area contributed by atoms with Crippen LogP contribution in [0.5, 0.6) is 0 Å². The van der Waals surface area contributed by atoms with E-state index in [0.717, 1.165) is 0 Å². The minimum absolute atomic E-state index is 0.0206. The lowest BCUT2D eigenvalue weighted by Crippen LogP contribution is -2.42. The van der Waals surface area contributed by atoms with Gasteiger partial charge in [-0.2, -0.15) is 0 Å². The van der Waals surface area contributed by atoms with Crippen molar-refractivity contribution in [1.29, 1.82) is 0 Å². The predicted octanol–water partition coefficient (Wildman–Crippen LogP) is 2.10. The van der Waals surface area contributed by atoms with E-state index in [4.69, 9.17) is 18.9 Å². The molecule has 0 unspecified atom stereocenters. The first-order valence-corrected chi connectivity index (χ1v) is 9.56. The Bertz CT molecular complexity index is 921. The van der Waals surface area contributed by atoms with Gasteiger partial charge >= 0.3 is 17.9 Å². The van der Waals surface area contributed by atoms with Crippen LogP contribution in [0.4, 0.5) is 0 Å². The van der Waals surface area contributed by atoms with Gasteiger partial charge in [0.25, 0.3) is 0 Å². The lowest BCUT2D eigenvalue weighted by Gasteiger charge is -2.31. The van der Waals surface area contributed by atoms with Crippen molar-refractivity contribution >= 4 is 23.7 Å². The molecule has 0 saturated carbocycles. The lowest BCUT2D eigenvalue weighted by molar-refractivity contribution is -0.153. The third kappa shape index (κ3) is 4.08. The van der Waals surface area contributed by atoms with Gasteiger partial charge in [0.2, 0.25) is 5.78 Å². The molecule has 8 nitrogen and oxygen atoms in total. The fraction of sp³-hybridized carbons (Fsp3) is 0.455. The van der Waals surface area contributed by atoms with Crippen LogP contribution in [-0.2, 0) is 38.1 Å². The van der Waals surface area contributed by atoms with Crippen molar-refractivity contribution in [2.75, 3.05) is 6.61 Å². The molecule has 0 aromatic heterocycles. The van der Waals surface area contributed by atoms with Gasteiger partial charge < -0.3 is 18.9 Å². The SMILES string of the molecule is C=C1C(=O)O[C@@H]2/C=C(/C)C3=CC(=O)[C@@](C)(C[C@@H](OC(=O)/C(C)=C/COC(C)=O)[C@H]12)O3. The number of rotatable bonds is 4. The number of carbonyl (C=O) groups is 4. The van der Waals surface area contributed by atoms with Gasteiger partial charge in [-0.3, -0.25) is 9.59 Å². The van der Waals surface area contributed by atoms with Crippen molar-refractivity contribution in [1.82, 2.24) is 0 Å². The number of ether oxygens (including phenoxy) is 4. The Labute approximate surface area is 174 Å². The number of hydrogen-bond donors (Lipinski definition) is 0. The normalized spacial score (nSPS) is 32.5. The quantitative estimate of drug-likeness (QED) is 0.390. The van der Waals surface area contributed by atoms with Crippen LogP contribution in [0.3, 0.4) is 0 Å². The predicted molar refractivity (Wildman–Crippen MR) is 104 cm³/mol. The molecule has 0 amide bonds. The molecule has 3 aliphatic rings. The monoisotopic (exact) mass is 416 g/mol. The Balaban J connectivity index is 1.91. The zero-order valence-corrected chi connectivity index (χ0v) is 17.4. The van der Waals surface area contributed by atoms with Crippen LogP contribution in [-0.4, -0.2) is 48.1 Å². The number of ketones is 1. The molecule has 0 N–H and O–H groups in total. The first kappa shape index (κ1) is 21.5. The van der Waals surface area contributed by atoms with Crippen LogP contribution < -0.4 is 0 Å². The van der Waals surface area contributed by atoms with E-state index in [1.807, 2.05) is 0 Å². The van der Waals surface area contributed by atoms with E-state index >= 15 is 0 Å². The van der Waals surface area contributed by atoms with Gasteiger partial charge in [0, 0.05) is 30.6 Å². The maximum atomic E-state index is 12.7. The third-order valence-electron chi connectivity index (χ3n) is 5.43. The van der Waals surface area contributed by atoms with E-state index < -0.39 is 41.6 Å². The molecule has 1 fully saturated rings. The number of carbonyl (C=O) groups excluding carboxylic acids is 4. The minimum atomic E-state index is -1.24. The summed E-state index contributed by atoms with van der Waals surface area (Å²) in [4.78, 5) is 48.3. The highest BCUT2D eigenvalue weighted by molar-refractivity contribution is 6.00. The van der Waals surface area contributed by atoms with E-state index in [-0.39, 0.29) is 30.0 Å². The van der Waals surface area contributed by atoms with Gasteiger partial charge in [-0.25, -0.2) is 9.59 Å². The van der Waals surface area contributed by atoms with Crippen molar-refractivity contribution in [3.63, 3.8) is 0 Å². The van der Waals surface area contributed by atoms with E-state index in [1.165, 1.54) is 26.0 Å². The second-order valence-electron chi connectivity index (χ2n) is 7.81. The van der Waals surface area contributed by atoms with E-state index in [1.54, 1.807) is 19.9 Å². The van der Waals surface area contributed by atoms with Crippen molar-refractivity contribution in [2.45, 2.75) is 51.9 Å². The zero-order valence-electron chi connectivity index (χ0n) is 17.4. The maximum absolute atomic E-state index is 12.7. The molecule has 0 spiro atoms. The fourth-order valence-electron chi connectivity index (χ4n) is 3.66. The highest BCUT2D eigenvalue weighted by Gasteiger charge is 2.51. The lowest BCUT2D eigenvalue weighted by atomic mass is 9.82. The molecule has 0 aromatic rings. The average Bonchev–Trinajstić information content (AvgIpc) is 3.10. The molecule has 3 aliphatic heterocycles. The minimum Gasteiger partial charge on any atom is -0.479 e. The van der Waals surface area contributed by atoms with Crippen molar-refractivity contribution in [3.8, 4) is 0 Å².